The van der Waals surface area contributed by atoms with Gasteiger partial charge in [-0.2, -0.15) is 0 Å². The van der Waals surface area contributed by atoms with Gasteiger partial charge in [0.15, 0.2) is 0 Å². The van der Waals surface area contributed by atoms with Gasteiger partial charge in [-0.15, -0.1) is 22.7 Å². The number of nitrogens with zero attached hydrogens (tertiary/aromatic N) is 2. The number of hydrogen-bond donors (Lipinski definition) is 1. The van der Waals surface area contributed by atoms with E-state index < -0.39 is 0 Å². The smallest absolute Gasteiger partial charge is 0.252 e. The molecule has 27 heavy (non-hydrogen) atoms. The van der Waals surface area contributed by atoms with E-state index >= 15 is 0 Å². The molecule has 4 nitrogen and oxygen atoms in total. The number of rotatable bonds is 5. The van der Waals surface area contributed by atoms with Crippen LogP contribution in [0, 0.1) is 13.8 Å². The summed E-state index contributed by atoms with van der Waals surface area (Å²) in [5, 5.41) is 7.10. The Morgan fingerprint density at radius 3 is 2.78 bits per heavy atom. The Hall–Kier alpha value is -2.57. The molecule has 0 aliphatic rings. The first-order valence-electron chi connectivity index (χ1n) is 8.76. The van der Waals surface area contributed by atoms with E-state index in [1.807, 2.05) is 44.2 Å². The average molecular weight is 394 g/mol. The third kappa shape index (κ3) is 3.91. The van der Waals surface area contributed by atoms with E-state index in [0.717, 1.165) is 33.7 Å². The first-order valence-corrected chi connectivity index (χ1v) is 10.5. The largest absolute Gasteiger partial charge is 0.352 e. The van der Waals surface area contributed by atoms with Crippen LogP contribution in [0.2, 0.25) is 0 Å². The number of carbonyl (C=O) groups excluding carboxylic acids is 1. The highest BCUT2D eigenvalue weighted by atomic mass is 32.1. The van der Waals surface area contributed by atoms with Gasteiger partial charge in [0.05, 0.1) is 26.7 Å². The number of amides is 1. The first-order chi connectivity index (χ1) is 13.1. The molecule has 1 amide bonds. The van der Waals surface area contributed by atoms with E-state index in [-0.39, 0.29) is 5.91 Å². The average Bonchev–Trinajstić information content (AvgIpc) is 3.29. The molecule has 1 aromatic carbocycles. The van der Waals surface area contributed by atoms with Crippen LogP contribution in [-0.4, -0.2) is 22.4 Å². The second-order valence-electron chi connectivity index (χ2n) is 6.35. The molecule has 6 heteroatoms. The van der Waals surface area contributed by atoms with Crippen molar-refractivity contribution in [3.8, 4) is 10.6 Å². The normalized spacial score (nSPS) is 11.0. The molecule has 0 saturated carbocycles. The molecular weight excluding hydrogens is 374 g/mol. The third-order valence-electron chi connectivity index (χ3n) is 4.28. The summed E-state index contributed by atoms with van der Waals surface area (Å²) in [5.41, 5.74) is 3.42. The number of para-hydroxylation sites is 1. The predicted octanol–water partition coefficient (Wildman–Crippen LogP) is 5.01. The van der Waals surface area contributed by atoms with Gasteiger partial charge in [0.2, 0.25) is 0 Å². The van der Waals surface area contributed by atoms with Crippen LogP contribution in [0.25, 0.3) is 21.5 Å². The van der Waals surface area contributed by atoms with Crippen LogP contribution in [0.5, 0.6) is 0 Å². The standard InChI is InChI=1S/C21H19N3OS2/c1-13-11-17(16-5-3-4-6-18(16)23-13)21(25)22-10-9-15-7-8-20(27-15)19-12-26-14(2)24-19/h3-8,11-12H,9-10H2,1-2H3,(H,22,25). The number of thiophene rings is 1. The van der Waals surface area contributed by atoms with Crippen molar-refractivity contribution in [2.75, 3.05) is 6.54 Å². The molecule has 0 fully saturated rings. The van der Waals surface area contributed by atoms with E-state index in [0.29, 0.717) is 12.1 Å². The molecule has 0 unspecified atom stereocenters. The fraction of sp³-hybridized carbons (Fsp3) is 0.190. The second kappa shape index (κ2) is 7.58. The van der Waals surface area contributed by atoms with Gasteiger partial charge in [0.25, 0.3) is 5.91 Å². The number of hydrogen-bond acceptors (Lipinski definition) is 5. The molecule has 0 spiro atoms. The van der Waals surface area contributed by atoms with Crippen LogP contribution >= 0.6 is 22.7 Å². The molecule has 0 radical (unpaired) electrons. The minimum Gasteiger partial charge on any atom is -0.352 e. The van der Waals surface area contributed by atoms with E-state index in [1.165, 1.54) is 9.75 Å². The van der Waals surface area contributed by atoms with Crippen molar-refractivity contribution in [2.24, 2.45) is 0 Å². The summed E-state index contributed by atoms with van der Waals surface area (Å²) in [6.07, 6.45) is 0.807. The highest BCUT2D eigenvalue weighted by molar-refractivity contribution is 7.16. The first kappa shape index (κ1) is 17.8. The summed E-state index contributed by atoms with van der Waals surface area (Å²) in [4.78, 5) is 24.1. The molecule has 0 saturated heterocycles. The number of carbonyl (C=O) groups is 1. The molecular formula is C21H19N3OS2. The molecule has 0 aliphatic heterocycles. The Morgan fingerprint density at radius 1 is 1.11 bits per heavy atom. The number of benzene rings is 1. The quantitative estimate of drug-likeness (QED) is 0.519. The Kier molecular flexibility index (Phi) is 5.01. The molecule has 136 valence electrons. The maximum Gasteiger partial charge on any atom is 0.252 e. The van der Waals surface area contributed by atoms with Crippen LogP contribution in [0.4, 0.5) is 0 Å². The number of aromatic nitrogens is 2. The van der Waals surface area contributed by atoms with E-state index in [1.54, 1.807) is 22.7 Å². The Labute approximate surface area is 165 Å². The van der Waals surface area contributed by atoms with Crippen LogP contribution < -0.4 is 5.32 Å². The van der Waals surface area contributed by atoms with Gasteiger partial charge in [-0.25, -0.2) is 4.98 Å². The summed E-state index contributed by atoms with van der Waals surface area (Å²) in [6, 6.07) is 13.8. The highest BCUT2D eigenvalue weighted by Crippen LogP contribution is 2.29. The lowest BCUT2D eigenvalue weighted by Gasteiger charge is -2.08. The van der Waals surface area contributed by atoms with Crippen LogP contribution in [0.3, 0.4) is 0 Å². The molecule has 0 atom stereocenters. The lowest BCUT2D eigenvalue weighted by atomic mass is 10.1. The molecule has 3 aromatic heterocycles. The van der Waals surface area contributed by atoms with Gasteiger partial charge in [0.1, 0.15) is 0 Å². The fourth-order valence-electron chi connectivity index (χ4n) is 3.02. The van der Waals surface area contributed by atoms with Crippen molar-refractivity contribution in [2.45, 2.75) is 20.3 Å². The van der Waals surface area contributed by atoms with Crippen molar-refractivity contribution in [1.29, 1.82) is 0 Å². The lowest BCUT2D eigenvalue weighted by Crippen LogP contribution is -2.26. The van der Waals surface area contributed by atoms with Crippen LogP contribution in [0.1, 0.15) is 25.9 Å². The van der Waals surface area contributed by atoms with Gasteiger partial charge < -0.3 is 5.32 Å². The summed E-state index contributed by atoms with van der Waals surface area (Å²) in [6.45, 7) is 4.53. The molecule has 3 heterocycles. The lowest BCUT2D eigenvalue weighted by molar-refractivity contribution is 0.0955. The topological polar surface area (TPSA) is 54.9 Å². The van der Waals surface area contributed by atoms with Gasteiger partial charge in [-0.3, -0.25) is 9.78 Å². The van der Waals surface area contributed by atoms with Crippen molar-refractivity contribution in [3.05, 3.63) is 69.0 Å². The summed E-state index contributed by atoms with van der Waals surface area (Å²) in [7, 11) is 0. The zero-order valence-electron chi connectivity index (χ0n) is 15.2. The van der Waals surface area contributed by atoms with Crippen LogP contribution in [-0.2, 0) is 6.42 Å². The van der Waals surface area contributed by atoms with Crippen molar-refractivity contribution in [1.82, 2.24) is 15.3 Å². The maximum absolute atomic E-state index is 12.7. The zero-order valence-corrected chi connectivity index (χ0v) is 16.8. The van der Waals surface area contributed by atoms with Crippen LogP contribution in [0.15, 0.2) is 47.8 Å². The minimum atomic E-state index is -0.0522. The fourth-order valence-corrected chi connectivity index (χ4v) is 4.67. The number of pyridine rings is 1. The third-order valence-corrected chi connectivity index (χ3v) is 6.22. The van der Waals surface area contributed by atoms with E-state index in [9.17, 15) is 4.79 Å². The maximum atomic E-state index is 12.7. The van der Waals surface area contributed by atoms with Gasteiger partial charge >= 0.3 is 0 Å². The Balaban J connectivity index is 1.43. The Bertz CT molecular complexity index is 1110. The van der Waals surface area contributed by atoms with Gasteiger partial charge in [-0.05, 0) is 44.5 Å². The van der Waals surface area contributed by atoms with Crippen molar-refractivity contribution >= 4 is 39.5 Å². The minimum absolute atomic E-state index is 0.0522. The Morgan fingerprint density at radius 2 is 1.96 bits per heavy atom. The molecule has 1 N–H and O–H groups in total. The monoisotopic (exact) mass is 393 g/mol. The second-order valence-corrected chi connectivity index (χ2v) is 8.58. The van der Waals surface area contributed by atoms with Crippen molar-refractivity contribution in [3.63, 3.8) is 0 Å². The van der Waals surface area contributed by atoms with E-state index in [2.05, 4.69) is 32.8 Å². The van der Waals surface area contributed by atoms with E-state index in [4.69, 9.17) is 0 Å². The van der Waals surface area contributed by atoms with Gasteiger partial charge in [-0.1, -0.05) is 18.2 Å². The summed E-state index contributed by atoms with van der Waals surface area (Å²) in [5.74, 6) is -0.0522. The number of fused-ring (bicyclic) bond motifs is 1. The summed E-state index contributed by atoms with van der Waals surface area (Å²) >= 11 is 3.40. The number of aryl methyl sites for hydroxylation is 2. The number of nitrogens with one attached hydrogen (secondary N) is 1. The number of thiazole rings is 1. The SMILES string of the molecule is Cc1cc(C(=O)NCCc2ccc(-c3csc(C)n3)s2)c2ccccc2n1. The molecule has 0 aliphatic carbocycles. The van der Waals surface area contributed by atoms with Crippen molar-refractivity contribution < 1.29 is 4.79 Å². The zero-order chi connectivity index (χ0) is 18.8. The molecule has 4 aromatic rings. The predicted molar refractivity (Wildman–Crippen MR) is 113 cm³/mol. The summed E-state index contributed by atoms with van der Waals surface area (Å²) < 4.78 is 0. The molecule has 0 bridgehead atoms. The highest BCUT2D eigenvalue weighted by Gasteiger charge is 2.12. The van der Waals surface area contributed by atoms with Gasteiger partial charge in [0, 0.05) is 27.9 Å². The molecule has 4 rings (SSSR count).